The van der Waals surface area contributed by atoms with E-state index in [0.29, 0.717) is 34.9 Å². The smallest absolute Gasteiger partial charge is 0.326 e. The van der Waals surface area contributed by atoms with Crippen LogP contribution in [-0.2, 0) is 26.1 Å². The highest BCUT2D eigenvalue weighted by Gasteiger charge is 2.22. The standard InChI is InChI=1S/C23H25N3O7S2/c1-4-25(5-2)35(29,30)16-9-7-15(8-10-16)22(28)24-23-26(13-21(27)31-6-3)17-11-18-19(33-14-32-18)12-20(17)34-23/h7-12H,4-6,13-14H2,1-3H3. The zero-order valence-electron chi connectivity index (χ0n) is 19.5. The van der Waals surface area contributed by atoms with Crippen molar-refractivity contribution in [1.82, 2.24) is 8.87 Å². The molecule has 0 saturated heterocycles. The van der Waals surface area contributed by atoms with Crippen LogP contribution in [0.4, 0.5) is 0 Å². The predicted octanol–water partition coefficient (Wildman–Crippen LogP) is 2.77. The molecule has 1 amide bonds. The molecule has 0 N–H and O–H groups in total. The van der Waals surface area contributed by atoms with E-state index in [9.17, 15) is 18.0 Å². The number of benzene rings is 2. The summed E-state index contributed by atoms with van der Waals surface area (Å²) in [6.07, 6.45) is 0. The Morgan fingerprint density at radius 3 is 2.37 bits per heavy atom. The Hall–Kier alpha value is -3.22. The average molecular weight is 520 g/mol. The van der Waals surface area contributed by atoms with Crippen LogP contribution in [0, 0.1) is 0 Å². The summed E-state index contributed by atoms with van der Waals surface area (Å²) in [5, 5.41) is 0. The predicted molar refractivity (Wildman–Crippen MR) is 129 cm³/mol. The minimum absolute atomic E-state index is 0.103. The molecule has 1 aliphatic heterocycles. The van der Waals surface area contributed by atoms with Gasteiger partial charge in [-0.2, -0.15) is 9.30 Å². The molecule has 35 heavy (non-hydrogen) atoms. The highest BCUT2D eigenvalue weighted by molar-refractivity contribution is 7.89. The third-order valence-electron chi connectivity index (χ3n) is 5.41. The summed E-state index contributed by atoms with van der Waals surface area (Å²) < 4.78 is 45.1. The average Bonchev–Trinajstić information content (AvgIpc) is 3.42. The summed E-state index contributed by atoms with van der Waals surface area (Å²) in [4.78, 5) is 29.8. The number of carbonyl (C=O) groups is 2. The molecule has 1 aliphatic rings. The van der Waals surface area contributed by atoms with Crippen LogP contribution in [0.15, 0.2) is 46.3 Å². The van der Waals surface area contributed by atoms with Gasteiger partial charge in [0.25, 0.3) is 5.91 Å². The maximum absolute atomic E-state index is 13.0. The van der Waals surface area contributed by atoms with Crippen molar-refractivity contribution in [3.8, 4) is 11.5 Å². The molecule has 3 aromatic rings. The fourth-order valence-electron chi connectivity index (χ4n) is 3.67. The van der Waals surface area contributed by atoms with Gasteiger partial charge < -0.3 is 18.8 Å². The van der Waals surface area contributed by atoms with Crippen molar-refractivity contribution in [3.05, 3.63) is 46.8 Å². The van der Waals surface area contributed by atoms with Crippen molar-refractivity contribution in [3.63, 3.8) is 0 Å². The first-order chi connectivity index (χ1) is 16.8. The first kappa shape index (κ1) is 24.9. The Bertz CT molecular complexity index is 1440. The first-order valence-corrected chi connectivity index (χ1v) is 13.3. The normalized spacial score (nSPS) is 13.5. The Balaban J connectivity index is 1.72. The summed E-state index contributed by atoms with van der Waals surface area (Å²) in [5.41, 5.74) is 0.873. The number of thiazole rings is 1. The van der Waals surface area contributed by atoms with E-state index in [4.69, 9.17) is 14.2 Å². The van der Waals surface area contributed by atoms with Crippen LogP contribution < -0.4 is 14.3 Å². The maximum Gasteiger partial charge on any atom is 0.326 e. The van der Waals surface area contributed by atoms with Gasteiger partial charge in [-0.1, -0.05) is 25.2 Å². The Labute approximate surface area is 206 Å². The second kappa shape index (κ2) is 10.2. The van der Waals surface area contributed by atoms with Crippen molar-refractivity contribution < 1.29 is 32.2 Å². The molecule has 186 valence electrons. The lowest BCUT2D eigenvalue weighted by Gasteiger charge is -2.18. The Kier molecular flexibility index (Phi) is 7.24. The van der Waals surface area contributed by atoms with E-state index in [0.717, 1.165) is 4.70 Å². The van der Waals surface area contributed by atoms with Crippen LogP contribution in [0.3, 0.4) is 0 Å². The molecule has 0 aliphatic carbocycles. The van der Waals surface area contributed by atoms with Crippen LogP contribution in [0.1, 0.15) is 31.1 Å². The highest BCUT2D eigenvalue weighted by Crippen LogP contribution is 2.37. The fourth-order valence-corrected chi connectivity index (χ4v) is 6.16. The van der Waals surface area contributed by atoms with Gasteiger partial charge in [-0.25, -0.2) is 8.42 Å². The number of esters is 1. The number of rotatable bonds is 8. The van der Waals surface area contributed by atoms with Crippen LogP contribution in [-0.4, -0.2) is 55.7 Å². The van der Waals surface area contributed by atoms with Crippen LogP contribution in [0.5, 0.6) is 11.5 Å². The van der Waals surface area contributed by atoms with Crippen molar-refractivity contribution in [2.45, 2.75) is 32.2 Å². The van der Waals surface area contributed by atoms with Gasteiger partial charge in [0.15, 0.2) is 16.3 Å². The van der Waals surface area contributed by atoms with Gasteiger partial charge in [-0.3, -0.25) is 9.59 Å². The minimum atomic E-state index is -3.64. The largest absolute Gasteiger partial charge is 0.465 e. The Morgan fingerprint density at radius 2 is 1.74 bits per heavy atom. The van der Waals surface area contributed by atoms with E-state index < -0.39 is 21.9 Å². The molecule has 0 unspecified atom stereocenters. The molecule has 0 fully saturated rings. The number of fused-ring (bicyclic) bond motifs is 2. The van der Waals surface area contributed by atoms with Crippen molar-refractivity contribution >= 4 is 43.5 Å². The summed E-state index contributed by atoms with van der Waals surface area (Å²) in [6, 6.07) is 9.17. The first-order valence-electron chi connectivity index (χ1n) is 11.1. The molecule has 12 heteroatoms. The van der Waals surface area contributed by atoms with E-state index in [2.05, 4.69) is 4.99 Å². The molecular formula is C23H25N3O7S2. The number of ether oxygens (including phenoxy) is 3. The number of amides is 1. The molecule has 0 saturated carbocycles. The zero-order valence-corrected chi connectivity index (χ0v) is 21.1. The number of carbonyl (C=O) groups excluding carboxylic acids is 2. The van der Waals surface area contributed by atoms with Gasteiger partial charge in [0.2, 0.25) is 16.8 Å². The molecule has 0 spiro atoms. The SMILES string of the molecule is CCOC(=O)Cn1c(=NC(=O)c2ccc(S(=O)(=O)N(CC)CC)cc2)sc2cc3c(cc21)OCO3. The van der Waals surface area contributed by atoms with E-state index in [1.54, 1.807) is 37.5 Å². The third-order valence-corrected chi connectivity index (χ3v) is 8.52. The van der Waals surface area contributed by atoms with Gasteiger partial charge in [-0.15, -0.1) is 0 Å². The molecule has 1 aromatic heterocycles. The van der Waals surface area contributed by atoms with Gasteiger partial charge in [0, 0.05) is 30.8 Å². The van der Waals surface area contributed by atoms with Crippen LogP contribution in [0.25, 0.3) is 10.2 Å². The molecule has 0 bridgehead atoms. The second-order valence-electron chi connectivity index (χ2n) is 7.48. The van der Waals surface area contributed by atoms with Crippen LogP contribution in [0.2, 0.25) is 0 Å². The molecule has 0 radical (unpaired) electrons. The molecule has 2 heterocycles. The number of aromatic nitrogens is 1. The van der Waals surface area contributed by atoms with Crippen LogP contribution >= 0.6 is 11.3 Å². The maximum atomic E-state index is 13.0. The van der Waals surface area contributed by atoms with E-state index in [1.165, 1.54) is 39.9 Å². The summed E-state index contributed by atoms with van der Waals surface area (Å²) in [5.74, 6) is 0.0754. The third kappa shape index (κ3) is 4.95. The lowest BCUT2D eigenvalue weighted by atomic mass is 10.2. The van der Waals surface area contributed by atoms with Gasteiger partial charge >= 0.3 is 5.97 Å². The quantitative estimate of drug-likeness (QED) is 0.420. The summed E-state index contributed by atoms with van der Waals surface area (Å²) in [7, 11) is -3.64. The van der Waals surface area contributed by atoms with Crippen molar-refractivity contribution in [2.75, 3.05) is 26.5 Å². The molecule has 10 nitrogen and oxygen atoms in total. The number of nitrogens with zero attached hydrogens (tertiary/aromatic N) is 3. The topological polar surface area (TPSA) is 117 Å². The molecule has 0 atom stereocenters. The fraction of sp³-hybridized carbons (Fsp3) is 0.348. The van der Waals surface area contributed by atoms with E-state index in [-0.39, 0.29) is 30.4 Å². The van der Waals surface area contributed by atoms with Gasteiger partial charge in [-0.05, 0) is 31.2 Å². The molecule has 2 aromatic carbocycles. The van der Waals surface area contributed by atoms with Crippen molar-refractivity contribution in [1.29, 1.82) is 0 Å². The number of hydrogen-bond acceptors (Lipinski definition) is 8. The summed E-state index contributed by atoms with van der Waals surface area (Å²) >= 11 is 1.22. The zero-order chi connectivity index (χ0) is 25.2. The number of sulfonamides is 1. The van der Waals surface area contributed by atoms with Gasteiger partial charge in [0.05, 0.1) is 21.7 Å². The van der Waals surface area contributed by atoms with Crippen molar-refractivity contribution in [2.24, 2.45) is 4.99 Å². The van der Waals surface area contributed by atoms with E-state index in [1.807, 2.05) is 0 Å². The van der Waals surface area contributed by atoms with Gasteiger partial charge in [0.1, 0.15) is 6.54 Å². The monoisotopic (exact) mass is 519 g/mol. The molecule has 4 rings (SSSR count). The lowest BCUT2D eigenvalue weighted by molar-refractivity contribution is -0.143. The Morgan fingerprint density at radius 1 is 1.09 bits per heavy atom. The molecular weight excluding hydrogens is 494 g/mol. The minimum Gasteiger partial charge on any atom is -0.465 e. The second-order valence-corrected chi connectivity index (χ2v) is 10.4. The highest BCUT2D eigenvalue weighted by atomic mass is 32.2. The number of hydrogen-bond donors (Lipinski definition) is 0. The van der Waals surface area contributed by atoms with E-state index >= 15 is 0 Å². The summed E-state index contributed by atoms with van der Waals surface area (Å²) in [6.45, 7) is 6.14. The lowest BCUT2D eigenvalue weighted by Crippen LogP contribution is -2.30.